The molecule has 1 aromatic rings. The number of carbonyl (C=O) groups excluding carboxylic acids is 1. The summed E-state index contributed by atoms with van der Waals surface area (Å²) in [5.74, 6) is -1.73. The summed E-state index contributed by atoms with van der Waals surface area (Å²) in [5, 5.41) is 31.8. The Kier molecular flexibility index (Phi) is 6.44. The van der Waals surface area contributed by atoms with Gasteiger partial charge in [-0.05, 0) is 31.0 Å². The van der Waals surface area contributed by atoms with E-state index in [9.17, 15) is 9.59 Å². The number of phenols is 1. The van der Waals surface area contributed by atoms with Gasteiger partial charge < -0.3 is 20.8 Å². The molecular weight excluding hydrogens is 286 g/mol. The highest BCUT2D eigenvalue weighted by Gasteiger charge is 2.16. The minimum atomic E-state index is -1.18. The lowest BCUT2D eigenvalue weighted by Crippen LogP contribution is -2.39. The zero-order valence-electron chi connectivity index (χ0n) is 12.0. The summed E-state index contributed by atoms with van der Waals surface area (Å²) >= 11 is 0. The Hall–Kier alpha value is -3.01. The van der Waals surface area contributed by atoms with Crippen molar-refractivity contribution in [2.24, 2.45) is 0 Å². The molecule has 7 heteroatoms. The van der Waals surface area contributed by atoms with Crippen LogP contribution in [0.15, 0.2) is 36.0 Å². The first-order chi connectivity index (χ1) is 10.4. The number of nitrogens with zero attached hydrogens (tertiary/aromatic N) is 1. The van der Waals surface area contributed by atoms with Crippen LogP contribution in [0.3, 0.4) is 0 Å². The molecule has 7 nitrogen and oxygen atoms in total. The van der Waals surface area contributed by atoms with Gasteiger partial charge in [0.05, 0.1) is 0 Å². The maximum Gasteiger partial charge on any atom is 0.325 e. The zero-order valence-corrected chi connectivity index (χ0v) is 12.0. The van der Waals surface area contributed by atoms with E-state index in [0.29, 0.717) is 13.0 Å². The molecule has 0 fully saturated rings. The summed E-state index contributed by atoms with van der Waals surface area (Å²) in [6, 6.07) is 7.34. The van der Waals surface area contributed by atoms with E-state index in [-0.39, 0.29) is 11.3 Å². The summed E-state index contributed by atoms with van der Waals surface area (Å²) in [7, 11) is 0. The Bertz CT molecular complexity index is 602. The average molecular weight is 303 g/mol. The first-order valence-corrected chi connectivity index (χ1v) is 6.59. The van der Waals surface area contributed by atoms with Gasteiger partial charge in [-0.15, -0.1) is 0 Å². The van der Waals surface area contributed by atoms with Gasteiger partial charge in [0.1, 0.15) is 23.4 Å². The topological polar surface area (TPSA) is 122 Å². The predicted octanol–water partition coefficient (Wildman–Crippen LogP) is 0.521. The van der Waals surface area contributed by atoms with Crippen LogP contribution in [0.25, 0.3) is 0 Å². The summed E-state index contributed by atoms with van der Waals surface area (Å²) in [6.45, 7) is 1.80. The van der Waals surface area contributed by atoms with Gasteiger partial charge in [-0.1, -0.05) is 12.1 Å². The average Bonchev–Trinajstić information content (AvgIpc) is 2.48. The first kappa shape index (κ1) is 17.0. The van der Waals surface area contributed by atoms with Crippen molar-refractivity contribution in [2.45, 2.75) is 19.4 Å². The van der Waals surface area contributed by atoms with Crippen LogP contribution in [0.4, 0.5) is 0 Å². The number of aliphatic carboxylic acids is 1. The number of amides is 1. The van der Waals surface area contributed by atoms with Crippen LogP contribution in [0, 0.1) is 11.3 Å². The molecule has 0 aromatic heterocycles. The van der Waals surface area contributed by atoms with E-state index in [0.717, 1.165) is 5.56 Å². The largest absolute Gasteiger partial charge is 0.508 e. The molecule has 1 atom stereocenters. The SMILES string of the molecule is CC(NC(=O)/C(C#N)=C\NCCc1ccc(O)cc1)C(=O)O. The number of phenolic OH excluding ortho intramolecular Hbond substituents is 1. The molecule has 1 aromatic carbocycles. The van der Waals surface area contributed by atoms with Crippen molar-refractivity contribution in [3.05, 3.63) is 41.6 Å². The number of carboxylic acid groups (broad SMARTS) is 1. The molecule has 1 unspecified atom stereocenters. The van der Waals surface area contributed by atoms with Crippen molar-refractivity contribution in [2.75, 3.05) is 6.54 Å². The van der Waals surface area contributed by atoms with Gasteiger partial charge in [-0.25, -0.2) is 0 Å². The highest BCUT2D eigenvalue weighted by Crippen LogP contribution is 2.09. The molecule has 0 radical (unpaired) electrons. The number of carbonyl (C=O) groups is 2. The Balaban J connectivity index is 2.48. The summed E-state index contributed by atoms with van der Waals surface area (Å²) in [5.41, 5.74) is 0.792. The Morgan fingerprint density at radius 2 is 2.00 bits per heavy atom. The summed E-state index contributed by atoms with van der Waals surface area (Å²) in [4.78, 5) is 22.3. The van der Waals surface area contributed by atoms with Crippen molar-refractivity contribution in [1.29, 1.82) is 5.26 Å². The van der Waals surface area contributed by atoms with E-state index >= 15 is 0 Å². The number of rotatable bonds is 7. The highest BCUT2D eigenvalue weighted by atomic mass is 16.4. The molecule has 1 rings (SSSR count). The van der Waals surface area contributed by atoms with Gasteiger partial charge in [0.2, 0.25) is 0 Å². The Labute approximate surface area is 127 Å². The van der Waals surface area contributed by atoms with Crippen molar-refractivity contribution in [1.82, 2.24) is 10.6 Å². The second kappa shape index (κ2) is 8.32. The van der Waals surface area contributed by atoms with Crippen LogP contribution in [0.2, 0.25) is 0 Å². The van der Waals surface area contributed by atoms with Gasteiger partial charge in [0, 0.05) is 12.7 Å². The minimum absolute atomic E-state index is 0.188. The second-order valence-corrected chi connectivity index (χ2v) is 4.57. The summed E-state index contributed by atoms with van der Waals surface area (Å²) in [6.07, 6.45) is 1.90. The molecule has 0 aliphatic heterocycles. The van der Waals surface area contributed by atoms with Crippen LogP contribution in [-0.4, -0.2) is 34.7 Å². The number of hydrogen-bond donors (Lipinski definition) is 4. The van der Waals surface area contributed by atoms with Crippen molar-refractivity contribution in [3.8, 4) is 11.8 Å². The van der Waals surface area contributed by atoms with Crippen LogP contribution in [-0.2, 0) is 16.0 Å². The zero-order chi connectivity index (χ0) is 16.5. The molecule has 0 aliphatic rings. The van der Waals surface area contributed by atoms with E-state index in [1.54, 1.807) is 30.3 Å². The van der Waals surface area contributed by atoms with Gasteiger partial charge in [0.25, 0.3) is 5.91 Å². The number of aromatic hydroxyl groups is 1. The molecule has 0 saturated heterocycles. The monoisotopic (exact) mass is 303 g/mol. The number of nitriles is 1. The van der Waals surface area contributed by atoms with Gasteiger partial charge >= 0.3 is 5.97 Å². The maximum atomic E-state index is 11.7. The third-order valence-corrected chi connectivity index (χ3v) is 2.82. The second-order valence-electron chi connectivity index (χ2n) is 4.57. The maximum absolute atomic E-state index is 11.7. The van der Waals surface area contributed by atoms with Crippen molar-refractivity contribution < 1.29 is 19.8 Å². The molecule has 0 aliphatic carbocycles. The lowest BCUT2D eigenvalue weighted by molar-refractivity contribution is -0.140. The fourth-order valence-electron chi connectivity index (χ4n) is 1.54. The smallest absolute Gasteiger partial charge is 0.325 e. The third-order valence-electron chi connectivity index (χ3n) is 2.82. The van der Waals surface area contributed by atoms with Crippen LogP contribution >= 0.6 is 0 Å². The molecule has 0 bridgehead atoms. The van der Waals surface area contributed by atoms with E-state index in [2.05, 4.69) is 10.6 Å². The molecular formula is C15H17N3O4. The van der Waals surface area contributed by atoms with Crippen LogP contribution < -0.4 is 10.6 Å². The molecule has 4 N–H and O–H groups in total. The minimum Gasteiger partial charge on any atom is -0.508 e. The molecule has 1 amide bonds. The lowest BCUT2D eigenvalue weighted by Gasteiger charge is -2.08. The van der Waals surface area contributed by atoms with Crippen LogP contribution in [0.5, 0.6) is 5.75 Å². The standard InChI is InChI=1S/C15H17N3O4/c1-10(15(21)22)18-14(20)12(8-16)9-17-7-6-11-2-4-13(19)5-3-11/h2-5,9-10,17,19H,6-7H2,1H3,(H,18,20)(H,21,22)/b12-9-. The number of hydrogen-bond acceptors (Lipinski definition) is 5. The van der Waals surface area contributed by atoms with Gasteiger partial charge in [-0.2, -0.15) is 5.26 Å². The Morgan fingerprint density at radius 1 is 1.36 bits per heavy atom. The lowest BCUT2D eigenvalue weighted by atomic mass is 10.1. The van der Waals surface area contributed by atoms with E-state index in [4.69, 9.17) is 15.5 Å². The molecule has 22 heavy (non-hydrogen) atoms. The van der Waals surface area contributed by atoms with E-state index < -0.39 is 17.9 Å². The summed E-state index contributed by atoms with van der Waals surface area (Å²) < 4.78 is 0. The molecule has 0 saturated carbocycles. The fraction of sp³-hybridized carbons (Fsp3) is 0.267. The van der Waals surface area contributed by atoms with Crippen molar-refractivity contribution >= 4 is 11.9 Å². The fourth-order valence-corrected chi connectivity index (χ4v) is 1.54. The Morgan fingerprint density at radius 3 is 2.55 bits per heavy atom. The quantitative estimate of drug-likeness (QED) is 0.331. The van der Waals surface area contributed by atoms with E-state index in [1.165, 1.54) is 13.1 Å². The molecule has 116 valence electrons. The van der Waals surface area contributed by atoms with E-state index in [1.807, 2.05) is 0 Å². The third kappa shape index (κ3) is 5.54. The molecule has 0 heterocycles. The first-order valence-electron chi connectivity index (χ1n) is 6.59. The number of benzene rings is 1. The van der Waals surface area contributed by atoms with Crippen molar-refractivity contribution in [3.63, 3.8) is 0 Å². The van der Waals surface area contributed by atoms with Gasteiger partial charge in [-0.3, -0.25) is 9.59 Å². The normalized spacial score (nSPS) is 12.1. The number of nitrogens with one attached hydrogen (secondary N) is 2. The van der Waals surface area contributed by atoms with Gasteiger partial charge in [0.15, 0.2) is 0 Å². The molecule has 0 spiro atoms. The number of carboxylic acids is 1. The predicted molar refractivity (Wildman–Crippen MR) is 78.8 cm³/mol. The highest BCUT2D eigenvalue weighted by molar-refractivity contribution is 5.99. The van der Waals surface area contributed by atoms with Crippen LogP contribution in [0.1, 0.15) is 12.5 Å².